The Kier molecular flexibility index (Phi) is 6.33. The summed E-state index contributed by atoms with van der Waals surface area (Å²) in [6.07, 6.45) is 3.10. The summed E-state index contributed by atoms with van der Waals surface area (Å²) in [5, 5.41) is 2.70. The normalized spacial score (nSPS) is 10.7. The molecule has 2 N–H and O–H groups in total. The molecule has 31 heavy (non-hydrogen) atoms. The van der Waals surface area contributed by atoms with E-state index in [4.69, 9.17) is 4.74 Å². The molecule has 2 aromatic heterocycles. The van der Waals surface area contributed by atoms with Crippen molar-refractivity contribution in [1.29, 1.82) is 0 Å². The molecule has 0 saturated heterocycles. The number of Topliss-reactive ketones (excluding diaryl/α,β-unsaturated/α-hetero) is 1. The van der Waals surface area contributed by atoms with Gasteiger partial charge in [-0.05, 0) is 37.1 Å². The van der Waals surface area contributed by atoms with E-state index in [0.29, 0.717) is 28.3 Å². The summed E-state index contributed by atoms with van der Waals surface area (Å²) < 4.78 is 20.9. The van der Waals surface area contributed by atoms with E-state index in [2.05, 4.69) is 15.3 Å². The molecule has 1 amide bonds. The Morgan fingerprint density at radius 3 is 2.58 bits per heavy atom. The number of ketones is 1. The van der Waals surface area contributed by atoms with Gasteiger partial charge in [0, 0.05) is 31.6 Å². The van der Waals surface area contributed by atoms with Crippen LogP contribution in [0, 0.1) is 19.7 Å². The predicted octanol–water partition coefficient (Wildman–Crippen LogP) is 2.80. The van der Waals surface area contributed by atoms with E-state index in [0.717, 1.165) is 0 Å². The summed E-state index contributed by atoms with van der Waals surface area (Å²) in [4.78, 5) is 43.3. The number of carbonyl (C=O) groups excluding carboxylic acids is 3. The zero-order valence-electron chi connectivity index (χ0n) is 17.7. The van der Waals surface area contributed by atoms with E-state index in [1.54, 1.807) is 42.9 Å². The first-order valence-electron chi connectivity index (χ1n) is 9.59. The number of methoxy groups -OCH3 is 1. The molecule has 0 aliphatic rings. The molecule has 1 aromatic carbocycles. The van der Waals surface area contributed by atoms with Gasteiger partial charge < -0.3 is 19.6 Å². The SMILES string of the molecule is COC(=O)c1c(CC(=O)NCc2ccc(-n3ccnc3C)c(F)c2)[nH]c(C(C)=O)c1C. The van der Waals surface area contributed by atoms with Crippen molar-refractivity contribution in [2.75, 3.05) is 7.11 Å². The number of hydrogen-bond acceptors (Lipinski definition) is 5. The van der Waals surface area contributed by atoms with Crippen LogP contribution < -0.4 is 5.32 Å². The van der Waals surface area contributed by atoms with E-state index >= 15 is 0 Å². The fraction of sp³-hybridized carbons (Fsp3) is 0.273. The molecule has 0 unspecified atom stereocenters. The number of amides is 1. The summed E-state index contributed by atoms with van der Waals surface area (Å²) in [6, 6.07) is 4.68. The molecule has 0 bridgehead atoms. The Bertz CT molecular complexity index is 1160. The average Bonchev–Trinajstić information content (AvgIpc) is 3.29. The van der Waals surface area contributed by atoms with Gasteiger partial charge in [0.1, 0.15) is 11.6 Å². The fourth-order valence-corrected chi connectivity index (χ4v) is 3.43. The van der Waals surface area contributed by atoms with Crippen molar-refractivity contribution >= 4 is 17.7 Å². The summed E-state index contributed by atoms with van der Waals surface area (Å²) >= 11 is 0. The number of ether oxygens (including phenoxy) is 1. The molecule has 2 heterocycles. The Labute approximate surface area is 178 Å². The van der Waals surface area contributed by atoms with E-state index in [9.17, 15) is 18.8 Å². The molecule has 9 heteroatoms. The molecule has 8 nitrogen and oxygen atoms in total. The van der Waals surface area contributed by atoms with E-state index in [1.807, 2.05) is 0 Å². The third-order valence-electron chi connectivity index (χ3n) is 4.99. The quantitative estimate of drug-likeness (QED) is 0.446. The molecule has 162 valence electrons. The zero-order valence-corrected chi connectivity index (χ0v) is 17.7. The van der Waals surface area contributed by atoms with E-state index in [-0.39, 0.29) is 30.0 Å². The van der Waals surface area contributed by atoms with Crippen LogP contribution in [0.25, 0.3) is 5.69 Å². The van der Waals surface area contributed by atoms with Gasteiger partial charge in [0.25, 0.3) is 0 Å². The number of aromatic nitrogens is 3. The molecule has 0 saturated carbocycles. The third-order valence-corrected chi connectivity index (χ3v) is 4.99. The van der Waals surface area contributed by atoms with Gasteiger partial charge in [0.15, 0.2) is 5.78 Å². The number of H-pyrrole nitrogens is 1. The number of imidazole rings is 1. The number of carbonyl (C=O) groups is 3. The molecule has 0 radical (unpaired) electrons. The Hall–Kier alpha value is -3.75. The van der Waals surface area contributed by atoms with Crippen molar-refractivity contribution in [3.63, 3.8) is 0 Å². The Morgan fingerprint density at radius 1 is 1.26 bits per heavy atom. The van der Waals surface area contributed by atoms with E-state index < -0.39 is 17.7 Å². The van der Waals surface area contributed by atoms with Crippen LogP contribution in [-0.4, -0.2) is 39.3 Å². The number of benzene rings is 1. The first kappa shape index (κ1) is 21.9. The molecule has 0 spiro atoms. The third kappa shape index (κ3) is 4.55. The largest absolute Gasteiger partial charge is 0.465 e. The number of aryl methyl sites for hydroxylation is 1. The van der Waals surface area contributed by atoms with Crippen LogP contribution in [0.1, 0.15) is 50.4 Å². The van der Waals surface area contributed by atoms with Gasteiger partial charge in [-0.25, -0.2) is 14.2 Å². The molecule has 0 atom stereocenters. The lowest BCUT2D eigenvalue weighted by atomic mass is 10.1. The highest BCUT2D eigenvalue weighted by Crippen LogP contribution is 2.21. The molecular weight excluding hydrogens is 403 g/mol. The minimum absolute atomic E-state index is 0.103. The van der Waals surface area contributed by atoms with Gasteiger partial charge in [-0.2, -0.15) is 0 Å². The Morgan fingerprint density at radius 2 is 2.00 bits per heavy atom. The van der Waals surface area contributed by atoms with Crippen molar-refractivity contribution in [3.05, 3.63) is 70.3 Å². The lowest BCUT2D eigenvalue weighted by Gasteiger charge is -2.10. The van der Waals surface area contributed by atoms with Crippen molar-refractivity contribution in [3.8, 4) is 5.69 Å². The standard InChI is InChI=1S/C22H23FN4O4/c1-12-20(22(30)31-4)17(26-21(12)13(2)28)10-19(29)25-11-15-5-6-18(16(23)9-15)27-8-7-24-14(27)3/h5-9,26H,10-11H2,1-4H3,(H,25,29). The molecule has 3 rings (SSSR count). The maximum Gasteiger partial charge on any atom is 0.339 e. The Balaban J connectivity index is 1.72. The number of aromatic amines is 1. The van der Waals surface area contributed by atoms with Gasteiger partial charge in [-0.1, -0.05) is 6.07 Å². The lowest BCUT2D eigenvalue weighted by molar-refractivity contribution is -0.120. The van der Waals surface area contributed by atoms with Crippen molar-refractivity contribution in [2.24, 2.45) is 0 Å². The van der Waals surface area contributed by atoms with Crippen LogP contribution in [0.4, 0.5) is 4.39 Å². The maximum absolute atomic E-state index is 14.5. The molecule has 0 fully saturated rings. The molecule has 0 aliphatic carbocycles. The van der Waals surface area contributed by atoms with Crippen LogP contribution >= 0.6 is 0 Å². The van der Waals surface area contributed by atoms with Crippen LogP contribution in [0.5, 0.6) is 0 Å². The van der Waals surface area contributed by atoms with Crippen LogP contribution in [0.2, 0.25) is 0 Å². The second-order valence-corrected chi connectivity index (χ2v) is 7.11. The van der Waals surface area contributed by atoms with Crippen molar-refractivity contribution in [2.45, 2.75) is 33.7 Å². The van der Waals surface area contributed by atoms with Gasteiger partial charge in [0.2, 0.25) is 5.91 Å². The highest BCUT2D eigenvalue weighted by Gasteiger charge is 2.24. The molecular formula is C22H23FN4O4. The summed E-state index contributed by atoms with van der Waals surface area (Å²) in [5.74, 6) is -1.05. The first-order valence-corrected chi connectivity index (χ1v) is 9.59. The monoisotopic (exact) mass is 426 g/mol. The minimum Gasteiger partial charge on any atom is -0.465 e. The van der Waals surface area contributed by atoms with Gasteiger partial charge in [0.05, 0.1) is 30.5 Å². The second kappa shape index (κ2) is 8.95. The number of nitrogens with zero attached hydrogens (tertiary/aromatic N) is 2. The molecule has 0 aliphatic heterocycles. The number of nitrogens with one attached hydrogen (secondary N) is 2. The van der Waals surface area contributed by atoms with Crippen LogP contribution in [-0.2, 0) is 22.5 Å². The highest BCUT2D eigenvalue weighted by molar-refractivity contribution is 6.01. The second-order valence-electron chi connectivity index (χ2n) is 7.11. The van der Waals surface area contributed by atoms with E-state index in [1.165, 1.54) is 20.1 Å². The van der Waals surface area contributed by atoms with Crippen molar-refractivity contribution in [1.82, 2.24) is 19.9 Å². The van der Waals surface area contributed by atoms with Crippen molar-refractivity contribution < 1.29 is 23.5 Å². The summed E-state index contributed by atoms with van der Waals surface area (Å²) in [6.45, 7) is 4.86. The number of rotatable bonds is 7. The average molecular weight is 426 g/mol. The minimum atomic E-state index is -0.628. The smallest absolute Gasteiger partial charge is 0.339 e. The lowest BCUT2D eigenvalue weighted by Crippen LogP contribution is -2.25. The summed E-state index contributed by atoms with van der Waals surface area (Å²) in [5.41, 5.74) is 2.11. The van der Waals surface area contributed by atoms with Gasteiger partial charge in [-0.15, -0.1) is 0 Å². The predicted molar refractivity (Wildman–Crippen MR) is 111 cm³/mol. The van der Waals surface area contributed by atoms with Gasteiger partial charge in [-0.3, -0.25) is 9.59 Å². The number of halogens is 1. The van der Waals surface area contributed by atoms with Crippen LogP contribution in [0.3, 0.4) is 0 Å². The molecule has 3 aromatic rings. The summed E-state index contributed by atoms with van der Waals surface area (Å²) in [7, 11) is 1.23. The first-order chi connectivity index (χ1) is 14.7. The van der Waals surface area contributed by atoms with Crippen LogP contribution in [0.15, 0.2) is 30.6 Å². The number of esters is 1. The highest BCUT2D eigenvalue weighted by atomic mass is 19.1. The zero-order chi connectivity index (χ0) is 22.7. The fourth-order valence-electron chi connectivity index (χ4n) is 3.43. The number of hydrogen-bond donors (Lipinski definition) is 2. The maximum atomic E-state index is 14.5. The van der Waals surface area contributed by atoms with Gasteiger partial charge >= 0.3 is 5.97 Å². The topological polar surface area (TPSA) is 106 Å².